The second-order valence-corrected chi connectivity index (χ2v) is 9.36. The Labute approximate surface area is 197 Å². The Morgan fingerprint density at radius 1 is 1.06 bits per heavy atom. The summed E-state index contributed by atoms with van der Waals surface area (Å²) in [4.78, 5) is 29.6. The lowest BCUT2D eigenvalue weighted by Crippen LogP contribution is -2.37. The van der Waals surface area contributed by atoms with Gasteiger partial charge in [0, 0.05) is 43.6 Å². The molecule has 5 rings (SSSR count). The predicted octanol–water partition coefficient (Wildman–Crippen LogP) is 2.56. The molecule has 1 aromatic heterocycles. The third kappa shape index (κ3) is 4.07. The summed E-state index contributed by atoms with van der Waals surface area (Å²) in [6.07, 6.45) is 0. The van der Waals surface area contributed by atoms with Crippen molar-refractivity contribution in [3.63, 3.8) is 0 Å². The number of ether oxygens (including phenoxy) is 1. The molecule has 9 heteroatoms. The molecular formula is C25H26N6O3. The minimum Gasteiger partial charge on any atom is -0.483 e. The van der Waals surface area contributed by atoms with Crippen LogP contribution in [-0.4, -0.2) is 69.8 Å². The fraction of sp³-hybridized carbons (Fsp3) is 0.400. The topological polar surface area (TPSA) is 115 Å². The highest BCUT2D eigenvalue weighted by Gasteiger charge is 2.43. The zero-order valence-corrected chi connectivity index (χ0v) is 19.2. The molecule has 2 aliphatic heterocycles. The van der Waals surface area contributed by atoms with Crippen LogP contribution in [0.1, 0.15) is 41.3 Å². The lowest BCUT2D eigenvalue weighted by atomic mass is 10.00. The first kappa shape index (κ1) is 21.9. The number of carbonyl (C=O) groups is 2. The number of nitrogens with one attached hydrogen (secondary N) is 1. The molecule has 3 aromatic rings. The summed E-state index contributed by atoms with van der Waals surface area (Å²) < 4.78 is 5.86. The van der Waals surface area contributed by atoms with Gasteiger partial charge in [0.2, 0.25) is 0 Å². The van der Waals surface area contributed by atoms with Crippen LogP contribution in [0.2, 0.25) is 0 Å². The molecule has 2 aliphatic rings. The Kier molecular flexibility index (Phi) is 5.65. The van der Waals surface area contributed by atoms with E-state index in [9.17, 15) is 9.59 Å². The van der Waals surface area contributed by atoms with Gasteiger partial charge >= 0.3 is 0 Å². The van der Waals surface area contributed by atoms with E-state index in [-0.39, 0.29) is 36.2 Å². The van der Waals surface area contributed by atoms with E-state index < -0.39 is 0 Å². The van der Waals surface area contributed by atoms with Gasteiger partial charge in [-0.15, -0.1) is 0 Å². The highest BCUT2D eigenvalue weighted by Crippen LogP contribution is 2.33. The third-order valence-electron chi connectivity index (χ3n) is 6.80. The van der Waals surface area contributed by atoms with Crippen LogP contribution in [0.3, 0.4) is 0 Å². The Balaban J connectivity index is 1.17. The molecule has 0 spiro atoms. The summed E-state index contributed by atoms with van der Waals surface area (Å²) in [5.74, 6) is 1.29. The van der Waals surface area contributed by atoms with Crippen molar-refractivity contribution < 1.29 is 14.3 Å². The van der Waals surface area contributed by atoms with E-state index in [1.54, 1.807) is 30.3 Å². The average molecular weight is 459 g/mol. The minimum absolute atomic E-state index is 0.0115. The molecule has 1 N–H and O–H groups in total. The largest absolute Gasteiger partial charge is 0.483 e. The standard InChI is InChI=1S/C25H26N6O3/c1-15(2)20-7-16(9-26)3-6-23(20)34-14-24(32)30-10-18-12-31(13-19(18)11-30)25(33)17-4-5-21-22(8-17)28-29-27-21/h3-8,15,18-19H,10-14H2,1-2H3,(H,27,28,29)/t18-,19-/m1/s1. The molecule has 2 saturated heterocycles. The number of fused-ring (bicyclic) bond motifs is 2. The van der Waals surface area contributed by atoms with Gasteiger partial charge in [0.05, 0.1) is 11.6 Å². The van der Waals surface area contributed by atoms with Crippen LogP contribution >= 0.6 is 0 Å². The van der Waals surface area contributed by atoms with E-state index in [2.05, 4.69) is 21.5 Å². The SMILES string of the molecule is CC(C)c1cc(C#N)ccc1OCC(=O)N1C[C@@H]2CN(C(=O)c3ccc4n[nH]nc4c3)C[C@H]2C1. The molecule has 3 heterocycles. The molecule has 0 radical (unpaired) electrons. The number of hydrogen-bond acceptors (Lipinski definition) is 6. The number of aromatic nitrogens is 3. The van der Waals surface area contributed by atoms with Gasteiger partial charge in [-0.1, -0.05) is 13.8 Å². The fourth-order valence-corrected chi connectivity index (χ4v) is 4.95. The lowest BCUT2D eigenvalue weighted by molar-refractivity contribution is -0.132. The van der Waals surface area contributed by atoms with Gasteiger partial charge in [-0.05, 0) is 47.9 Å². The van der Waals surface area contributed by atoms with Crippen LogP contribution in [-0.2, 0) is 4.79 Å². The average Bonchev–Trinajstić information content (AvgIpc) is 3.56. The van der Waals surface area contributed by atoms with E-state index in [0.717, 1.165) is 11.1 Å². The first-order valence-electron chi connectivity index (χ1n) is 11.5. The summed E-state index contributed by atoms with van der Waals surface area (Å²) in [5.41, 5.74) is 3.50. The second kappa shape index (κ2) is 8.78. The Hall–Kier alpha value is -3.93. The molecule has 9 nitrogen and oxygen atoms in total. The molecule has 0 aliphatic carbocycles. The maximum absolute atomic E-state index is 13.0. The van der Waals surface area contributed by atoms with Crippen LogP contribution < -0.4 is 4.74 Å². The molecule has 0 saturated carbocycles. The molecule has 0 unspecified atom stereocenters. The number of benzene rings is 2. The second-order valence-electron chi connectivity index (χ2n) is 9.36. The van der Waals surface area contributed by atoms with Crippen molar-refractivity contribution in [2.45, 2.75) is 19.8 Å². The molecule has 2 amide bonds. The Morgan fingerprint density at radius 2 is 1.76 bits per heavy atom. The quantitative estimate of drug-likeness (QED) is 0.628. The molecular weight excluding hydrogens is 432 g/mol. The number of H-pyrrole nitrogens is 1. The number of carbonyl (C=O) groups excluding carboxylic acids is 2. The maximum atomic E-state index is 13.0. The van der Waals surface area contributed by atoms with Gasteiger partial charge < -0.3 is 14.5 Å². The van der Waals surface area contributed by atoms with Gasteiger partial charge in [-0.2, -0.15) is 20.7 Å². The van der Waals surface area contributed by atoms with Crippen LogP contribution in [0.15, 0.2) is 36.4 Å². The summed E-state index contributed by atoms with van der Waals surface area (Å²) >= 11 is 0. The molecule has 2 atom stereocenters. The van der Waals surface area contributed by atoms with Gasteiger partial charge in [0.25, 0.3) is 11.8 Å². The molecule has 0 bridgehead atoms. The van der Waals surface area contributed by atoms with Crippen molar-refractivity contribution >= 4 is 22.8 Å². The van der Waals surface area contributed by atoms with Crippen LogP contribution in [0.5, 0.6) is 5.75 Å². The smallest absolute Gasteiger partial charge is 0.260 e. The van der Waals surface area contributed by atoms with E-state index in [4.69, 9.17) is 10.00 Å². The summed E-state index contributed by atoms with van der Waals surface area (Å²) in [6, 6.07) is 12.8. The van der Waals surface area contributed by atoms with Gasteiger partial charge in [-0.3, -0.25) is 9.59 Å². The van der Waals surface area contributed by atoms with Crippen LogP contribution in [0.25, 0.3) is 11.0 Å². The molecule has 34 heavy (non-hydrogen) atoms. The first-order chi connectivity index (χ1) is 16.4. The van der Waals surface area contributed by atoms with Crippen LogP contribution in [0, 0.1) is 23.2 Å². The van der Waals surface area contributed by atoms with E-state index in [1.807, 2.05) is 29.7 Å². The number of likely N-dealkylation sites (tertiary alicyclic amines) is 2. The minimum atomic E-state index is -0.0529. The van der Waals surface area contributed by atoms with Crippen molar-refractivity contribution in [1.29, 1.82) is 5.26 Å². The van der Waals surface area contributed by atoms with Gasteiger partial charge in [0.1, 0.15) is 16.8 Å². The van der Waals surface area contributed by atoms with Gasteiger partial charge in [0.15, 0.2) is 6.61 Å². The number of nitriles is 1. The van der Waals surface area contributed by atoms with Crippen molar-refractivity contribution in [1.82, 2.24) is 25.2 Å². The fourth-order valence-electron chi connectivity index (χ4n) is 4.95. The summed E-state index contributed by atoms with van der Waals surface area (Å²) in [6.45, 7) is 6.56. The van der Waals surface area contributed by atoms with Crippen molar-refractivity contribution in [2.24, 2.45) is 11.8 Å². The first-order valence-corrected chi connectivity index (χ1v) is 11.5. The highest BCUT2D eigenvalue weighted by atomic mass is 16.5. The van der Waals surface area contributed by atoms with Crippen molar-refractivity contribution in [3.8, 4) is 11.8 Å². The maximum Gasteiger partial charge on any atom is 0.260 e. The monoisotopic (exact) mass is 458 g/mol. The Bertz CT molecular complexity index is 1280. The van der Waals surface area contributed by atoms with E-state index >= 15 is 0 Å². The number of nitrogens with zero attached hydrogens (tertiary/aromatic N) is 5. The van der Waals surface area contributed by atoms with Crippen molar-refractivity contribution in [2.75, 3.05) is 32.8 Å². The summed E-state index contributed by atoms with van der Waals surface area (Å²) in [5, 5.41) is 19.8. The predicted molar refractivity (Wildman–Crippen MR) is 124 cm³/mol. The molecule has 2 aromatic carbocycles. The normalized spacial score (nSPS) is 19.5. The zero-order valence-electron chi connectivity index (χ0n) is 19.2. The summed E-state index contributed by atoms with van der Waals surface area (Å²) in [7, 11) is 0. The van der Waals surface area contributed by atoms with E-state index in [1.165, 1.54) is 0 Å². The number of aromatic amines is 1. The number of rotatable bonds is 5. The Morgan fingerprint density at radius 3 is 2.47 bits per heavy atom. The lowest BCUT2D eigenvalue weighted by Gasteiger charge is -2.22. The number of hydrogen-bond donors (Lipinski definition) is 1. The third-order valence-corrected chi connectivity index (χ3v) is 6.80. The van der Waals surface area contributed by atoms with E-state index in [0.29, 0.717) is 48.6 Å². The van der Waals surface area contributed by atoms with Crippen LogP contribution in [0.4, 0.5) is 0 Å². The molecule has 174 valence electrons. The van der Waals surface area contributed by atoms with Gasteiger partial charge in [-0.25, -0.2) is 0 Å². The number of amides is 2. The zero-order chi connectivity index (χ0) is 23.8. The highest BCUT2D eigenvalue weighted by molar-refractivity contribution is 5.97. The molecule has 2 fully saturated rings. The van der Waals surface area contributed by atoms with Crippen molar-refractivity contribution in [3.05, 3.63) is 53.1 Å².